The van der Waals surface area contributed by atoms with E-state index in [4.69, 9.17) is 14.6 Å². The molecule has 0 fully saturated rings. The van der Waals surface area contributed by atoms with Gasteiger partial charge in [-0.05, 0) is 39.9 Å². The first kappa shape index (κ1) is 25.4. The van der Waals surface area contributed by atoms with E-state index in [0.717, 1.165) is 52.4 Å². The van der Waals surface area contributed by atoms with E-state index in [1.165, 1.54) is 5.56 Å². The molecule has 5 aromatic rings. The van der Waals surface area contributed by atoms with Crippen LogP contribution in [0.15, 0.2) is 145 Å². The van der Waals surface area contributed by atoms with E-state index in [1.54, 1.807) is 0 Å². The minimum atomic E-state index is 0.0812. The molecule has 40 heavy (non-hydrogen) atoms. The molecule has 0 aromatic heterocycles. The Hall–Kier alpha value is -4.83. The first-order valence-corrected chi connectivity index (χ1v) is 13.7. The van der Waals surface area contributed by atoms with Gasteiger partial charge in [-0.25, -0.2) is 0 Å². The van der Waals surface area contributed by atoms with Crippen LogP contribution in [0.2, 0.25) is 0 Å². The van der Waals surface area contributed by atoms with Gasteiger partial charge in [0.2, 0.25) is 0 Å². The SMILES string of the molecule is c1ccc(COc2ccc(C3CC(c4ccccc4)=NN3Cc3ccccc3)cc2OCc2ccccc2)cc1. The summed E-state index contributed by atoms with van der Waals surface area (Å²) < 4.78 is 12.7. The topological polar surface area (TPSA) is 34.1 Å². The molecule has 0 saturated carbocycles. The van der Waals surface area contributed by atoms with Crippen molar-refractivity contribution in [3.05, 3.63) is 167 Å². The van der Waals surface area contributed by atoms with Crippen LogP contribution in [0, 0.1) is 0 Å². The Balaban J connectivity index is 1.30. The van der Waals surface area contributed by atoms with Crippen molar-refractivity contribution < 1.29 is 9.47 Å². The molecule has 4 heteroatoms. The molecule has 0 radical (unpaired) electrons. The highest BCUT2D eigenvalue weighted by molar-refractivity contribution is 6.01. The molecule has 1 atom stereocenters. The van der Waals surface area contributed by atoms with Crippen LogP contribution in [-0.2, 0) is 19.8 Å². The van der Waals surface area contributed by atoms with E-state index in [2.05, 4.69) is 89.9 Å². The average Bonchev–Trinajstić information content (AvgIpc) is 3.45. The smallest absolute Gasteiger partial charge is 0.162 e. The Morgan fingerprint density at radius 3 is 1.70 bits per heavy atom. The van der Waals surface area contributed by atoms with Gasteiger partial charge in [0.1, 0.15) is 13.2 Å². The summed E-state index contributed by atoms with van der Waals surface area (Å²) in [6.07, 6.45) is 0.819. The molecule has 0 spiro atoms. The van der Waals surface area contributed by atoms with Crippen LogP contribution in [0.4, 0.5) is 0 Å². The van der Waals surface area contributed by atoms with Gasteiger partial charge in [-0.1, -0.05) is 127 Å². The van der Waals surface area contributed by atoms with Crippen LogP contribution in [-0.4, -0.2) is 10.7 Å². The molecule has 0 bridgehead atoms. The highest BCUT2D eigenvalue weighted by Crippen LogP contribution is 2.38. The van der Waals surface area contributed by atoms with Crippen molar-refractivity contribution >= 4 is 5.71 Å². The highest BCUT2D eigenvalue weighted by atomic mass is 16.5. The van der Waals surface area contributed by atoms with Crippen LogP contribution < -0.4 is 9.47 Å². The van der Waals surface area contributed by atoms with Crippen molar-refractivity contribution in [1.29, 1.82) is 0 Å². The van der Waals surface area contributed by atoms with E-state index < -0.39 is 0 Å². The van der Waals surface area contributed by atoms with Crippen LogP contribution in [0.1, 0.15) is 40.3 Å². The van der Waals surface area contributed by atoms with Crippen LogP contribution in [0.5, 0.6) is 11.5 Å². The monoisotopic (exact) mass is 524 g/mol. The molecule has 5 aromatic carbocycles. The number of nitrogens with zero attached hydrogens (tertiary/aromatic N) is 2. The maximum absolute atomic E-state index is 6.40. The highest BCUT2D eigenvalue weighted by Gasteiger charge is 2.29. The summed E-state index contributed by atoms with van der Waals surface area (Å²) in [6.45, 7) is 1.68. The predicted molar refractivity (Wildman–Crippen MR) is 160 cm³/mol. The summed E-state index contributed by atoms with van der Waals surface area (Å²) in [5.41, 5.74) is 6.87. The van der Waals surface area contributed by atoms with Gasteiger partial charge in [-0.15, -0.1) is 0 Å². The maximum Gasteiger partial charge on any atom is 0.162 e. The number of benzene rings is 5. The first-order chi connectivity index (χ1) is 19.8. The van der Waals surface area contributed by atoms with Crippen LogP contribution in [0.25, 0.3) is 0 Å². The molecule has 1 heterocycles. The first-order valence-electron chi connectivity index (χ1n) is 13.7. The van der Waals surface area contributed by atoms with Gasteiger partial charge in [0, 0.05) is 6.42 Å². The van der Waals surface area contributed by atoms with Gasteiger partial charge in [0.25, 0.3) is 0 Å². The summed E-state index contributed by atoms with van der Waals surface area (Å²) in [5.74, 6) is 1.48. The molecular formula is C36H32N2O2. The van der Waals surface area contributed by atoms with Crippen LogP contribution >= 0.6 is 0 Å². The van der Waals surface area contributed by atoms with E-state index >= 15 is 0 Å². The number of hydrazone groups is 1. The zero-order valence-electron chi connectivity index (χ0n) is 22.4. The lowest BCUT2D eigenvalue weighted by atomic mass is 9.98. The fraction of sp³-hybridized carbons (Fsp3) is 0.139. The fourth-order valence-electron chi connectivity index (χ4n) is 5.00. The Morgan fingerprint density at radius 2 is 1.10 bits per heavy atom. The number of hydrogen-bond donors (Lipinski definition) is 0. The molecule has 0 N–H and O–H groups in total. The molecule has 1 aliphatic rings. The van der Waals surface area contributed by atoms with E-state index in [-0.39, 0.29) is 6.04 Å². The normalized spacial score (nSPS) is 14.6. The van der Waals surface area contributed by atoms with Crippen molar-refractivity contribution in [2.45, 2.75) is 32.2 Å². The Morgan fingerprint density at radius 1 is 0.575 bits per heavy atom. The Labute approximate surface area is 236 Å². The quantitative estimate of drug-likeness (QED) is 0.185. The molecule has 1 unspecified atom stereocenters. The third-order valence-electron chi connectivity index (χ3n) is 7.12. The molecule has 0 saturated heterocycles. The largest absolute Gasteiger partial charge is 0.485 e. The van der Waals surface area contributed by atoms with Crippen molar-refractivity contribution in [2.75, 3.05) is 0 Å². The predicted octanol–water partition coefficient (Wildman–Crippen LogP) is 8.20. The number of hydrogen-bond acceptors (Lipinski definition) is 4. The van der Waals surface area contributed by atoms with Crippen LogP contribution in [0.3, 0.4) is 0 Å². The third kappa shape index (κ3) is 6.24. The maximum atomic E-state index is 6.40. The molecule has 0 amide bonds. The molecular weight excluding hydrogens is 492 g/mol. The molecule has 4 nitrogen and oxygen atoms in total. The molecule has 1 aliphatic heterocycles. The number of ether oxygens (including phenoxy) is 2. The van der Waals surface area contributed by atoms with Crippen molar-refractivity contribution in [2.24, 2.45) is 5.10 Å². The second kappa shape index (κ2) is 12.4. The zero-order valence-corrected chi connectivity index (χ0v) is 22.4. The third-order valence-corrected chi connectivity index (χ3v) is 7.12. The second-order valence-corrected chi connectivity index (χ2v) is 9.97. The summed E-state index contributed by atoms with van der Waals surface area (Å²) in [4.78, 5) is 0. The van der Waals surface area contributed by atoms with Gasteiger partial charge < -0.3 is 9.47 Å². The standard InChI is InChI=1S/C36H32N2O2/c1-5-13-28(14-6-1)25-38-34(24-33(37-38)31-19-11-4-12-20-31)32-21-22-35(39-26-29-15-7-2-8-16-29)36(23-32)40-27-30-17-9-3-10-18-30/h1-23,34H,24-27H2. The summed E-state index contributed by atoms with van der Waals surface area (Å²) >= 11 is 0. The van der Waals surface area contributed by atoms with E-state index in [0.29, 0.717) is 13.2 Å². The Bertz CT molecular complexity index is 1540. The fourth-order valence-corrected chi connectivity index (χ4v) is 5.00. The van der Waals surface area contributed by atoms with Crippen molar-refractivity contribution in [1.82, 2.24) is 5.01 Å². The summed E-state index contributed by atoms with van der Waals surface area (Å²) in [5, 5.41) is 7.32. The lowest BCUT2D eigenvalue weighted by Crippen LogP contribution is -2.19. The van der Waals surface area contributed by atoms with Gasteiger partial charge in [0.15, 0.2) is 11.5 Å². The minimum absolute atomic E-state index is 0.0812. The molecule has 0 aliphatic carbocycles. The van der Waals surface area contributed by atoms with Crippen molar-refractivity contribution in [3.8, 4) is 11.5 Å². The summed E-state index contributed by atoms with van der Waals surface area (Å²) in [6, 6.07) is 47.8. The zero-order chi connectivity index (χ0) is 27.0. The number of rotatable bonds is 10. The van der Waals surface area contributed by atoms with E-state index in [1.807, 2.05) is 54.6 Å². The van der Waals surface area contributed by atoms with Gasteiger partial charge in [0.05, 0.1) is 18.3 Å². The molecule has 6 rings (SSSR count). The van der Waals surface area contributed by atoms with Gasteiger partial charge in [-0.2, -0.15) is 5.10 Å². The lowest BCUT2D eigenvalue weighted by molar-refractivity contribution is 0.221. The molecule has 198 valence electrons. The van der Waals surface area contributed by atoms with Crippen molar-refractivity contribution in [3.63, 3.8) is 0 Å². The average molecular weight is 525 g/mol. The lowest BCUT2D eigenvalue weighted by Gasteiger charge is -2.25. The van der Waals surface area contributed by atoms with Gasteiger partial charge in [-0.3, -0.25) is 5.01 Å². The Kier molecular flexibility index (Phi) is 7.86. The second-order valence-electron chi connectivity index (χ2n) is 9.97. The van der Waals surface area contributed by atoms with E-state index in [9.17, 15) is 0 Å². The summed E-state index contributed by atoms with van der Waals surface area (Å²) in [7, 11) is 0. The minimum Gasteiger partial charge on any atom is -0.485 e. The van der Waals surface area contributed by atoms with Gasteiger partial charge >= 0.3 is 0 Å².